The van der Waals surface area contributed by atoms with Gasteiger partial charge in [0.25, 0.3) is 0 Å². The van der Waals surface area contributed by atoms with E-state index in [9.17, 15) is 9.59 Å². The molecule has 0 bridgehead atoms. The van der Waals surface area contributed by atoms with Crippen LogP contribution in [0, 0.1) is 11.8 Å². The summed E-state index contributed by atoms with van der Waals surface area (Å²) in [6.45, 7) is 8.32. The lowest BCUT2D eigenvalue weighted by molar-refractivity contribution is -0.148. The van der Waals surface area contributed by atoms with Gasteiger partial charge >= 0.3 is 5.97 Å². The zero-order valence-corrected chi connectivity index (χ0v) is 10.5. The maximum atomic E-state index is 10.3. The molecule has 0 saturated heterocycles. The first-order chi connectivity index (χ1) is 7.11. The van der Waals surface area contributed by atoms with Gasteiger partial charge in [0.15, 0.2) is 11.9 Å². The topological polar surface area (TPSA) is 94.8 Å². The van der Waals surface area contributed by atoms with E-state index in [1.54, 1.807) is 13.8 Å². The van der Waals surface area contributed by atoms with Gasteiger partial charge in [-0.1, -0.05) is 27.7 Å². The van der Waals surface area contributed by atoms with E-state index in [4.69, 9.17) is 15.3 Å². The highest BCUT2D eigenvalue weighted by molar-refractivity contribution is 5.80. The van der Waals surface area contributed by atoms with Crippen LogP contribution in [0.2, 0.25) is 0 Å². The van der Waals surface area contributed by atoms with Crippen LogP contribution in [0.15, 0.2) is 0 Å². The Hall–Kier alpha value is -0.940. The highest BCUT2D eigenvalue weighted by Gasteiger charge is 2.16. The Morgan fingerprint density at radius 2 is 1.19 bits per heavy atom. The molecule has 2 unspecified atom stereocenters. The third-order valence-corrected chi connectivity index (χ3v) is 1.93. The normalized spacial score (nSPS) is 14.1. The van der Waals surface area contributed by atoms with Crippen molar-refractivity contribution >= 4 is 11.8 Å². The van der Waals surface area contributed by atoms with E-state index in [1.165, 1.54) is 6.92 Å². The molecule has 0 aromatic rings. The summed E-state index contributed by atoms with van der Waals surface area (Å²) in [6.07, 6.45) is -1.98. The summed E-state index contributed by atoms with van der Waals surface area (Å²) >= 11 is 0. The third kappa shape index (κ3) is 8.38. The van der Waals surface area contributed by atoms with Gasteiger partial charge in [-0.2, -0.15) is 0 Å². The first-order valence-corrected chi connectivity index (χ1v) is 5.20. The van der Waals surface area contributed by atoms with Crippen molar-refractivity contribution in [2.45, 2.75) is 46.8 Å². The number of aliphatic carboxylic acids is 1. The number of aliphatic hydroxyl groups is 2. The van der Waals surface area contributed by atoms with Crippen LogP contribution in [0.5, 0.6) is 0 Å². The Bertz CT molecular complexity index is 198. The Morgan fingerprint density at radius 3 is 1.19 bits per heavy atom. The van der Waals surface area contributed by atoms with E-state index in [0.29, 0.717) is 0 Å². The number of Topliss-reactive ketones (excluding diaryl/α,β-unsaturated/α-hetero) is 1. The molecular weight excluding hydrogens is 212 g/mol. The zero-order valence-electron chi connectivity index (χ0n) is 10.5. The predicted molar refractivity (Wildman–Crippen MR) is 60.0 cm³/mol. The van der Waals surface area contributed by atoms with Crippen molar-refractivity contribution < 1.29 is 24.9 Å². The summed E-state index contributed by atoms with van der Waals surface area (Å²) in [5, 5.41) is 25.6. The molecule has 96 valence electrons. The van der Waals surface area contributed by atoms with Crippen molar-refractivity contribution in [2.24, 2.45) is 11.8 Å². The molecule has 5 nitrogen and oxygen atoms in total. The van der Waals surface area contributed by atoms with E-state index >= 15 is 0 Å². The number of hydrogen-bond donors (Lipinski definition) is 3. The molecule has 0 aliphatic carbocycles. The van der Waals surface area contributed by atoms with Gasteiger partial charge in [0.2, 0.25) is 0 Å². The fraction of sp³-hybridized carbons (Fsp3) is 0.818. The van der Waals surface area contributed by atoms with Gasteiger partial charge < -0.3 is 15.3 Å². The molecule has 0 aliphatic heterocycles. The van der Waals surface area contributed by atoms with Gasteiger partial charge in [0.1, 0.15) is 6.10 Å². The molecular formula is C11H22O5. The maximum absolute atomic E-state index is 10.3. The number of rotatable bonds is 4. The monoisotopic (exact) mass is 234 g/mol. The van der Waals surface area contributed by atoms with E-state index in [0.717, 1.165) is 0 Å². The molecule has 0 aliphatic rings. The fourth-order valence-electron chi connectivity index (χ4n) is 0.755. The second-order valence-corrected chi connectivity index (χ2v) is 4.33. The molecule has 0 aromatic carbocycles. The minimum Gasteiger partial charge on any atom is -0.479 e. The van der Waals surface area contributed by atoms with E-state index < -0.39 is 18.2 Å². The first kappa shape index (κ1) is 17.5. The maximum Gasteiger partial charge on any atom is 0.332 e. The molecule has 0 radical (unpaired) electrons. The van der Waals surface area contributed by atoms with Gasteiger partial charge in [0, 0.05) is 0 Å². The summed E-state index contributed by atoms with van der Waals surface area (Å²) in [7, 11) is 0. The largest absolute Gasteiger partial charge is 0.479 e. The number of carboxylic acids is 1. The standard InChI is InChI=1S/C6H12O2.C5H10O3/c1-4(2)6(8)5(3)7;1-3(2)4(6)5(7)8/h4,6,8H,1-3H3;3-4,6H,1-2H3,(H,7,8). The second-order valence-electron chi connectivity index (χ2n) is 4.33. The average Bonchev–Trinajstić information content (AvgIpc) is 2.15. The number of aliphatic hydroxyl groups excluding tert-OH is 2. The molecule has 0 aromatic heterocycles. The van der Waals surface area contributed by atoms with E-state index in [-0.39, 0.29) is 17.6 Å². The van der Waals surface area contributed by atoms with Gasteiger partial charge in [-0.15, -0.1) is 0 Å². The quantitative estimate of drug-likeness (QED) is 0.665. The Balaban J connectivity index is 0. The second kappa shape index (κ2) is 8.24. The van der Waals surface area contributed by atoms with Crippen LogP contribution in [0.1, 0.15) is 34.6 Å². The van der Waals surface area contributed by atoms with Gasteiger partial charge in [0.05, 0.1) is 0 Å². The number of carbonyl (C=O) groups excluding carboxylic acids is 1. The molecule has 0 saturated carbocycles. The van der Waals surface area contributed by atoms with Gasteiger partial charge in [-0.05, 0) is 18.8 Å². The van der Waals surface area contributed by atoms with Crippen molar-refractivity contribution in [2.75, 3.05) is 0 Å². The number of ketones is 1. The van der Waals surface area contributed by atoms with Gasteiger partial charge in [-0.25, -0.2) is 4.79 Å². The summed E-state index contributed by atoms with van der Waals surface area (Å²) in [6, 6.07) is 0. The molecule has 0 heterocycles. The minimum absolute atomic E-state index is 0.0486. The lowest BCUT2D eigenvalue weighted by Gasteiger charge is -2.08. The summed E-state index contributed by atoms with van der Waals surface area (Å²) < 4.78 is 0. The molecule has 16 heavy (non-hydrogen) atoms. The first-order valence-electron chi connectivity index (χ1n) is 5.20. The predicted octanol–water partition coefficient (Wildman–Crippen LogP) is 0.680. The number of carboxylic acid groups (broad SMARTS) is 1. The molecule has 5 heteroatoms. The lowest BCUT2D eigenvalue weighted by Crippen LogP contribution is -2.25. The molecule has 0 spiro atoms. The SMILES string of the molecule is CC(=O)C(O)C(C)C.CC(C)C(O)C(=O)O. The van der Waals surface area contributed by atoms with Crippen LogP contribution in [-0.4, -0.2) is 39.3 Å². The minimum atomic E-state index is -1.21. The van der Waals surface area contributed by atoms with E-state index in [2.05, 4.69) is 0 Å². The van der Waals surface area contributed by atoms with Crippen LogP contribution in [0.3, 0.4) is 0 Å². The highest BCUT2D eigenvalue weighted by atomic mass is 16.4. The van der Waals surface area contributed by atoms with Crippen LogP contribution < -0.4 is 0 Å². The Labute approximate surface area is 96.1 Å². The van der Waals surface area contributed by atoms with Crippen LogP contribution in [0.25, 0.3) is 0 Å². The van der Waals surface area contributed by atoms with Crippen LogP contribution in [-0.2, 0) is 9.59 Å². The van der Waals surface area contributed by atoms with Crippen LogP contribution >= 0.6 is 0 Å². The zero-order chi connectivity index (χ0) is 13.5. The Morgan fingerprint density at radius 1 is 0.875 bits per heavy atom. The summed E-state index contributed by atoms with van der Waals surface area (Å²) in [4.78, 5) is 20.2. The molecule has 0 rings (SSSR count). The van der Waals surface area contributed by atoms with Gasteiger partial charge in [-0.3, -0.25) is 4.79 Å². The van der Waals surface area contributed by atoms with Crippen LogP contribution in [0.4, 0.5) is 0 Å². The lowest BCUT2D eigenvalue weighted by atomic mass is 10.1. The number of carbonyl (C=O) groups is 2. The van der Waals surface area contributed by atoms with Crippen molar-refractivity contribution in [3.05, 3.63) is 0 Å². The van der Waals surface area contributed by atoms with Crippen molar-refractivity contribution in [3.63, 3.8) is 0 Å². The van der Waals surface area contributed by atoms with Crippen molar-refractivity contribution in [1.82, 2.24) is 0 Å². The third-order valence-electron chi connectivity index (χ3n) is 1.93. The Kier molecular flexibility index (Phi) is 8.99. The molecule has 0 fully saturated rings. The smallest absolute Gasteiger partial charge is 0.332 e. The molecule has 2 atom stereocenters. The molecule has 3 N–H and O–H groups in total. The highest BCUT2D eigenvalue weighted by Crippen LogP contribution is 2.00. The summed E-state index contributed by atoms with van der Waals surface area (Å²) in [5.41, 5.74) is 0. The fourth-order valence-corrected chi connectivity index (χ4v) is 0.755. The van der Waals surface area contributed by atoms with Crippen molar-refractivity contribution in [3.8, 4) is 0 Å². The average molecular weight is 234 g/mol. The number of hydrogen-bond acceptors (Lipinski definition) is 4. The summed E-state index contributed by atoms with van der Waals surface area (Å²) in [5.74, 6) is -1.46. The molecule has 0 amide bonds. The van der Waals surface area contributed by atoms with Crippen molar-refractivity contribution in [1.29, 1.82) is 0 Å². The van der Waals surface area contributed by atoms with E-state index in [1.807, 2.05) is 13.8 Å².